The zero-order valence-corrected chi connectivity index (χ0v) is 29.7. The lowest BCUT2D eigenvalue weighted by Crippen LogP contribution is -2.30. The van der Waals surface area contributed by atoms with Crippen LogP contribution in [-0.2, 0) is 17.1 Å². The van der Waals surface area contributed by atoms with Crippen LogP contribution in [0.25, 0.3) is 22.6 Å². The number of rotatable bonds is 25. The van der Waals surface area contributed by atoms with Crippen LogP contribution in [0.1, 0.15) is 147 Å². The summed E-state index contributed by atoms with van der Waals surface area (Å²) in [5.41, 5.74) is 3.21. The van der Waals surface area contributed by atoms with Crippen LogP contribution in [0.5, 0.6) is 5.75 Å². The second-order valence-electron chi connectivity index (χ2n) is 13.6. The van der Waals surface area contributed by atoms with Crippen molar-refractivity contribution in [3.05, 3.63) is 60.0 Å². The first kappa shape index (κ1) is 37.9. The Bertz CT molecular complexity index is 1300. The highest BCUT2D eigenvalue weighted by molar-refractivity contribution is 5.63. The number of aromatic nitrogens is 3. The van der Waals surface area contributed by atoms with E-state index in [2.05, 4.69) is 53.1 Å². The number of pyridine rings is 1. The minimum Gasteiger partial charge on any atom is -0.482 e. The number of unbranched alkanes of at least 4 members (excludes halogenated alkanes) is 15. The molecule has 3 heterocycles. The molecule has 48 heavy (non-hydrogen) atoms. The van der Waals surface area contributed by atoms with Gasteiger partial charge in [-0.2, -0.15) is 8.78 Å². The van der Waals surface area contributed by atoms with Crippen molar-refractivity contribution in [1.82, 2.24) is 15.0 Å². The van der Waals surface area contributed by atoms with Gasteiger partial charge in [0.15, 0.2) is 17.6 Å². The van der Waals surface area contributed by atoms with E-state index in [-0.39, 0.29) is 11.4 Å². The average Bonchev–Trinajstić information content (AvgIpc) is 3.36. The van der Waals surface area contributed by atoms with Crippen LogP contribution < -0.4 is 4.74 Å². The number of nitrogens with zero attached hydrogens (tertiary/aromatic N) is 3. The second kappa shape index (κ2) is 21.2. The standard InChI is InChI=1S/C41H59F2N3O2/c1-3-5-7-9-10-11-12-13-14-15-16-17-22-38-41(42,43)39-37(48-38)28-27-36(46-39)40-44-31-35(32-45-40)34-25-23-33(24-26-34)21-18-20-30-47-29-19-8-6-4-2/h23-28,31-32,38H,3-22,29-30H2,1-2H3. The molecule has 1 atom stereocenters. The van der Waals surface area contributed by atoms with E-state index in [4.69, 9.17) is 9.47 Å². The molecule has 0 N–H and O–H groups in total. The van der Waals surface area contributed by atoms with Crippen molar-refractivity contribution < 1.29 is 18.3 Å². The maximum Gasteiger partial charge on any atom is 0.329 e. The number of aryl methyl sites for hydroxylation is 1. The molecule has 0 aliphatic carbocycles. The fraction of sp³-hybridized carbons (Fsp3) is 0.634. The van der Waals surface area contributed by atoms with E-state index in [1.165, 1.54) is 82.6 Å². The van der Waals surface area contributed by atoms with Crippen molar-refractivity contribution in [3.8, 4) is 28.4 Å². The highest BCUT2D eigenvalue weighted by Gasteiger charge is 2.52. The monoisotopic (exact) mass is 663 g/mol. The van der Waals surface area contributed by atoms with Gasteiger partial charge in [-0.15, -0.1) is 0 Å². The largest absolute Gasteiger partial charge is 0.482 e. The number of alkyl halides is 2. The van der Waals surface area contributed by atoms with Crippen LogP contribution in [-0.4, -0.2) is 34.3 Å². The van der Waals surface area contributed by atoms with Gasteiger partial charge in [0.25, 0.3) is 0 Å². The molecule has 4 rings (SSSR count). The third-order valence-corrected chi connectivity index (χ3v) is 9.48. The number of fused-ring (bicyclic) bond motifs is 1. The zero-order chi connectivity index (χ0) is 33.9. The van der Waals surface area contributed by atoms with Crippen LogP contribution in [0.15, 0.2) is 48.8 Å². The van der Waals surface area contributed by atoms with Crippen molar-refractivity contribution in [2.45, 2.75) is 154 Å². The Kier molecular flexibility index (Phi) is 16.7. The maximum atomic E-state index is 15.4. The fourth-order valence-electron chi connectivity index (χ4n) is 6.43. The summed E-state index contributed by atoms with van der Waals surface area (Å²) in [4.78, 5) is 13.3. The molecule has 1 unspecified atom stereocenters. The zero-order valence-electron chi connectivity index (χ0n) is 29.7. The lowest BCUT2D eigenvalue weighted by molar-refractivity contribution is -0.0818. The minimum absolute atomic E-state index is 0.166. The van der Waals surface area contributed by atoms with Gasteiger partial charge in [-0.1, -0.05) is 128 Å². The molecular formula is C41H59F2N3O2. The van der Waals surface area contributed by atoms with Crippen molar-refractivity contribution in [1.29, 1.82) is 0 Å². The van der Waals surface area contributed by atoms with Crippen molar-refractivity contribution in [3.63, 3.8) is 0 Å². The normalized spacial score (nSPS) is 15.0. The van der Waals surface area contributed by atoms with Gasteiger partial charge < -0.3 is 9.47 Å². The summed E-state index contributed by atoms with van der Waals surface area (Å²) in [6, 6.07) is 11.7. The summed E-state index contributed by atoms with van der Waals surface area (Å²) >= 11 is 0. The number of hydrogen-bond donors (Lipinski definition) is 0. The molecule has 1 aliphatic rings. The summed E-state index contributed by atoms with van der Waals surface area (Å²) in [7, 11) is 0. The summed E-state index contributed by atoms with van der Waals surface area (Å²) in [6.45, 7) is 6.18. The quantitative estimate of drug-likeness (QED) is 0.0844. The Morgan fingerprint density at radius 2 is 1.21 bits per heavy atom. The van der Waals surface area contributed by atoms with E-state index < -0.39 is 12.0 Å². The van der Waals surface area contributed by atoms with Gasteiger partial charge in [-0.3, -0.25) is 0 Å². The summed E-state index contributed by atoms with van der Waals surface area (Å²) in [5, 5.41) is 0. The lowest BCUT2D eigenvalue weighted by atomic mass is 10.0. The molecule has 0 bridgehead atoms. The van der Waals surface area contributed by atoms with E-state index in [0.29, 0.717) is 17.9 Å². The molecule has 1 aromatic carbocycles. The fourth-order valence-corrected chi connectivity index (χ4v) is 6.43. The Morgan fingerprint density at radius 1 is 0.646 bits per heavy atom. The van der Waals surface area contributed by atoms with Crippen molar-refractivity contribution in [2.24, 2.45) is 0 Å². The van der Waals surface area contributed by atoms with Gasteiger partial charge in [0, 0.05) is 31.2 Å². The molecule has 0 spiro atoms. The third kappa shape index (κ3) is 12.2. The number of halogens is 2. The van der Waals surface area contributed by atoms with E-state index >= 15 is 8.78 Å². The molecule has 0 saturated carbocycles. The third-order valence-electron chi connectivity index (χ3n) is 9.48. The highest BCUT2D eigenvalue weighted by atomic mass is 19.3. The Hall–Kier alpha value is -2.93. The lowest BCUT2D eigenvalue weighted by Gasteiger charge is -2.17. The molecule has 5 nitrogen and oxygen atoms in total. The van der Waals surface area contributed by atoms with E-state index in [9.17, 15) is 0 Å². The highest BCUT2D eigenvalue weighted by Crippen LogP contribution is 2.46. The Morgan fingerprint density at radius 3 is 1.83 bits per heavy atom. The molecule has 0 saturated heterocycles. The first-order valence-electron chi connectivity index (χ1n) is 19.1. The minimum atomic E-state index is -3.13. The summed E-state index contributed by atoms with van der Waals surface area (Å²) in [6.07, 6.45) is 25.3. The first-order valence-corrected chi connectivity index (χ1v) is 19.1. The molecule has 0 fully saturated rings. The number of hydrogen-bond acceptors (Lipinski definition) is 5. The van der Waals surface area contributed by atoms with Crippen LogP contribution in [0.2, 0.25) is 0 Å². The van der Waals surface area contributed by atoms with Gasteiger partial charge >= 0.3 is 5.92 Å². The van der Waals surface area contributed by atoms with E-state index in [1.54, 1.807) is 24.5 Å². The molecule has 3 aromatic rings. The molecule has 1 aliphatic heterocycles. The number of ether oxygens (including phenoxy) is 2. The Balaban J connectivity index is 1.17. The van der Waals surface area contributed by atoms with Gasteiger partial charge in [0.05, 0.1) is 0 Å². The topological polar surface area (TPSA) is 57.1 Å². The molecule has 0 amide bonds. The van der Waals surface area contributed by atoms with E-state index in [1.807, 2.05) is 0 Å². The van der Waals surface area contributed by atoms with Gasteiger partial charge in [0.1, 0.15) is 11.4 Å². The van der Waals surface area contributed by atoms with Crippen LogP contribution in [0, 0.1) is 0 Å². The smallest absolute Gasteiger partial charge is 0.329 e. The van der Waals surface area contributed by atoms with Crippen LogP contribution in [0.4, 0.5) is 8.78 Å². The van der Waals surface area contributed by atoms with Gasteiger partial charge in [-0.05, 0) is 61.8 Å². The summed E-state index contributed by atoms with van der Waals surface area (Å²) in [5.74, 6) is -2.64. The molecular weight excluding hydrogens is 604 g/mol. The van der Waals surface area contributed by atoms with Gasteiger partial charge in [0.2, 0.25) is 0 Å². The molecule has 2 aromatic heterocycles. The summed E-state index contributed by atoms with van der Waals surface area (Å²) < 4.78 is 42.2. The average molecular weight is 664 g/mol. The SMILES string of the molecule is CCCCCCCCCCCCCCC1Oc2ccc(-c3ncc(-c4ccc(CCCCOCCCCCC)cc4)cn3)nc2C1(F)F. The predicted octanol–water partition coefficient (Wildman–Crippen LogP) is 12.1. The predicted molar refractivity (Wildman–Crippen MR) is 193 cm³/mol. The van der Waals surface area contributed by atoms with Crippen LogP contribution in [0.3, 0.4) is 0 Å². The van der Waals surface area contributed by atoms with Crippen molar-refractivity contribution in [2.75, 3.05) is 13.2 Å². The molecule has 7 heteroatoms. The Labute approximate surface area is 288 Å². The maximum absolute atomic E-state index is 15.4. The van der Waals surface area contributed by atoms with Crippen molar-refractivity contribution >= 4 is 0 Å². The van der Waals surface area contributed by atoms with E-state index in [0.717, 1.165) is 69.3 Å². The number of benzene rings is 1. The first-order chi connectivity index (χ1) is 23.5. The molecule has 0 radical (unpaired) electrons. The second-order valence-corrected chi connectivity index (χ2v) is 13.6. The van der Waals surface area contributed by atoms with Gasteiger partial charge in [-0.25, -0.2) is 15.0 Å². The molecule has 264 valence electrons. The van der Waals surface area contributed by atoms with Crippen LogP contribution >= 0.6 is 0 Å².